The monoisotopic (exact) mass is 410 g/mol. The first-order chi connectivity index (χ1) is 13.8. The number of nitrogens with zero attached hydrogens (tertiary/aromatic N) is 6. The summed E-state index contributed by atoms with van der Waals surface area (Å²) in [5, 5.41) is 14.9. The van der Waals surface area contributed by atoms with E-state index in [1.165, 1.54) is 29.7 Å². The Labute approximate surface area is 164 Å². The van der Waals surface area contributed by atoms with Crippen molar-refractivity contribution in [3.8, 4) is 0 Å². The van der Waals surface area contributed by atoms with Gasteiger partial charge in [-0.05, 0) is 12.8 Å². The maximum Gasteiger partial charge on any atom is 0.408 e. The van der Waals surface area contributed by atoms with Gasteiger partial charge in [0.25, 0.3) is 5.91 Å². The van der Waals surface area contributed by atoms with Gasteiger partial charge < -0.3 is 9.80 Å². The number of halogens is 3. The van der Waals surface area contributed by atoms with Crippen molar-refractivity contribution in [1.29, 1.82) is 0 Å². The van der Waals surface area contributed by atoms with E-state index in [2.05, 4.69) is 10.1 Å². The average molecular weight is 410 g/mol. The van der Waals surface area contributed by atoms with Crippen molar-refractivity contribution in [2.45, 2.75) is 38.4 Å². The summed E-state index contributed by atoms with van der Waals surface area (Å²) in [5.74, 6) is -0.326. The molecular weight excluding hydrogens is 389 g/mol. The number of amides is 1. The second-order valence-electron chi connectivity index (χ2n) is 7.23. The van der Waals surface area contributed by atoms with Gasteiger partial charge in [0.2, 0.25) is 0 Å². The van der Waals surface area contributed by atoms with E-state index in [-0.39, 0.29) is 29.5 Å². The molecule has 29 heavy (non-hydrogen) atoms. The van der Waals surface area contributed by atoms with E-state index >= 15 is 0 Å². The van der Waals surface area contributed by atoms with E-state index < -0.39 is 12.7 Å². The van der Waals surface area contributed by atoms with Gasteiger partial charge in [-0.15, -0.1) is 0 Å². The third-order valence-electron chi connectivity index (χ3n) is 5.08. The minimum atomic E-state index is -4.47. The highest BCUT2D eigenvalue weighted by Gasteiger charge is 2.33. The SMILES string of the molecule is O=C(c1ncc2cnn(CC(F)(F)F)c2c1N1C=CN(O)C1)N1CCCCCC1. The van der Waals surface area contributed by atoms with Crippen LogP contribution in [0.15, 0.2) is 24.8 Å². The van der Waals surface area contributed by atoms with Crippen molar-refractivity contribution in [2.75, 3.05) is 24.7 Å². The molecule has 0 atom stereocenters. The van der Waals surface area contributed by atoms with Gasteiger partial charge in [-0.2, -0.15) is 18.3 Å². The highest BCUT2D eigenvalue weighted by atomic mass is 19.4. The number of carbonyl (C=O) groups is 1. The van der Waals surface area contributed by atoms with Crippen LogP contribution in [0.3, 0.4) is 0 Å². The fraction of sp³-hybridized carbons (Fsp3) is 0.500. The molecule has 0 unspecified atom stereocenters. The van der Waals surface area contributed by atoms with Crippen molar-refractivity contribution in [2.24, 2.45) is 0 Å². The molecular formula is C18H21F3N6O2. The molecule has 0 aromatic carbocycles. The van der Waals surface area contributed by atoms with E-state index in [9.17, 15) is 23.2 Å². The smallest absolute Gasteiger partial charge is 0.337 e. The Bertz CT molecular complexity index is 934. The predicted molar refractivity (Wildman–Crippen MR) is 98.1 cm³/mol. The highest BCUT2D eigenvalue weighted by Crippen LogP contribution is 2.34. The Morgan fingerprint density at radius 3 is 2.45 bits per heavy atom. The van der Waals surface area contributed by atoms with Gasteiger partial charge in [0, 0.05) is 37.1 Å². The lowest BCUT2D eigenvalue weighted by Crippen LogP contribution is -2.34. The minimum Gasteiger partial charge on any atom is -0.337 e. The first-order valence-corrected chi connectivity index (χ1v) is 9.44. The summed E-state index contributed by atoms with van der Waals surface area (Å²) in [7, 11) is 0. The molecule has 1 saturated heterocycles. The number of anilines is 1. The number of pyridine rings is 1. The number of likely N-dealkylation sites (tertiary alicyclic amines) is 1. The summed E-state index contributed by atoms with van der Waals surface area (Å²) in [4.78, 5) is 20.8. The third-order valence-corrected chi connectivity index (χ3v) is 5.08. The van der Waals surface area contributed by atoms with Gasteiger partial charge in [-0.3, -0.25) is 14.7 Å². The molecule has 4 rings (SSSR count). The first kappa shape index (κ1) is 19.5. The summed E-state index contributed by atoms with van der Waals surface area (Å²) in [5.41, 5.74) is 0.435. The lowest BCUT2D eigenvalue weighted by atomic mass is 10.2. The number of fused-ring (bicyclic) bond motifs is 1. The molecule has 1 amide bonds. The molecule has 2 aromatic rings. The molecule has 1 fully saturated rings. The van der Waals surface area contributed by atoms with Crippen molar-refractivity contribution >= 4 is 22.5 Å². The van der Waals surface area contributed by atoms with Crippen LogP contribution in [0.5, 0.6) is 0 Å². The molecule has 11 heteroatoms. The van der Waals surface area contributed by atoms with E-state index in [4.69, 9.17) is 0 Å². The third kappa shape index (κ3) is 4.00. The molecule has 4 heterocycles. The minimum absolute atomic E-state index is 0.0295. The second kappa shape index (κ2) is 7.54. The summed E-state index contributed by atoms with van der Waals surface area (Å²) in [6, 6.07) is 0. The van der Waals surface area contributed by atoms with Crippen LogP contribution < -0.4 is 4.90 Å². The number of aromatic nitrogens is 3. The van der Waals surface area contributed by atoms with Gasteiger partial charge in [-0.1, -0.05) is 12.8 Å². The fourth-order valence-electron chi connectivity index (χ4n) is 3.76. The molecule has 2 aromatic heterocycles. The second-order valence-corrected chi connectivity index (χ2v) is 7.23. The molecule has 2 aliphatic rings. The maximum absolute atomic E-state index is 13.3. The van der Waals surface area contributed by atoms with Gasteiger partial charge in [0.15, 0.2) is 5.69 Å². The average Bonchev–Trinajstić information content (AvgIpc) is 3.15. The molecule has 8 nitrogen and oxygen atoms in total. The van der Waals surface area contributed by atoms with Crippen molar-refractivity contribution in [3.05, 3.63) is 30.5 Å². The first-order valence-electron chi connectivity index (χ1n) is 9.44. The van der Waals surface area contributed by atoms with Crippen molar-refractivity contribution < 1.29 is 23.2 Å². The number of rotatable bonds is 3. The van der Waals surface area contributed by atoms with Crippen molar-refractivity contribution in [3.63, 3.8) is 0 Å². The van der Waals surface area contributed by atoms with Crippen LogP contribution >= 0.6 is 0 Å². The molecule has 1 N–H and O–H groups in total. The molecule has 0 radical (unpaired) electrons. The van der Waals surface area contributed by atoms with Crippen LogP contribution in [0.2, 0.25) is 0 Å². The van der Waals surface area contributed by atoms with Gasteiger partial charge >= 0.3 is 6.18 Å². The highest BCUT2D eigenvalue weighted by molar-refractivity contribution is 6.06. The number of hydroxylamine groups is 2. The van der Waals surface area contributed by atoms with E-state index in [1.807, 2.05) is 0 Å². The van der Waals surface area contributed by atoms with Crippen LogP contribution in [0.1, 0.15) is 36.2 Å². The zero-order valence-electron chi connectivity index (χ0n) is 15.6. The summed E-state index contributed by atoms with van der Waals surface area (Å²) in [6.45, 7) is -0.146. The molecule has 156 valence electrons. The standard InChI is InChI=1S/C18H21F3N6O2/c19-18(20,21)11-27-15-13(10-23-27)9-22-14(16(15)25-7-8-26(29)12-25)17(28)24-5-3-1-2-4-6-24/h7-10,29H,1-6,11-12H2. The van der Waals surface area contributed by atoms with Crippen LogP contribution in [0, 0.1) is 0 Å². The Hall–Kier alpha value is -2.82. The van der Waals surface area contributed by atoms with Gasteiger partial charge in [0.1, 0.15) is 18.9 Å². The van der Waals surface area contributed by atoms with Crippen LogP contribution in [-0.2, 0) is 6.54 Å². The predicted octanol–water partition coefficient (Wildman–Crippen LogP) is 2.95. The largest absolute Gasteiger partial charge is 0.408 e. The lowest BCUT2D eigenvalue weighted by molar-refractivity contribution is -0.141. The summed E-state index contributed by atoms with van der Waals surface area (Å²) in [6.07, 6.45) is 4.90. The molecule has 0 bridgehead atoms. The number of alkyl halides is 3. The number of hydrogen-bond donors (Lipinski definition) is 1. The van der Waals surface area contributed by atoms with Crippen LogP contribution in [0.25, 0.3) is 10.9 Å². The van der Waals surface area contributed by atoms with Crippen LogP contribution in [-0.4, -0.2) is 61.8 Å². The Morgan fingerprint density at radius 2 is 1.83 bits per heavy atom. The Balaban J connectivity index is 1.83. The summed E-state index contributed by atoms with van der Waals surface area (Å²) < 4.78 is 40.1. The lowest BCUT2D eigenvalue weighted by Gasteiger charge is -2.25. The molecule has 0 spiro atoms. The maximum atomic E-state index is 13.3. The zero-order valence-corrected chi connectivity index (χ0v) is 15.6. The normalized spacial score (nSPS) is 18.0. The number of hydrogen-bond acceptors (Lipinski definition) is 6. The van der Waals surface area contributed by atoms with E-state index in [1.54, 1.807) is 4.90 Å². The van der Waals surface area contributed by atoms with E-state index in [0.29, 0.717) is 18.5 Å². The Morgan fingerprint density at radius 1 is 1.10 bits per heavy atom. The Kier molecular flexibility index (Phi) is 5.07. The quantitative estimate of drug-likeness (QED) is 0.839. The topological polar surface area (TPSA) is 77.7 Å². The van der Waals surface area contributed by atoms with E-state index in [0.717, 1.165) is 35.4 Å². The summed E-state index contributed by atoms with van der Waals surface area (Å²) >= 11 is 0. The molecule has 0 aliphatic carbocycles. The van der Waals surface area contributed by atoms with Gasteiger partial charge in [-0.25, -0.2) is 10.0 Å². The molecule has 2 aliphatic heterocycles. The van der Waals surface area contributed by atoms with Crippen molar-refractivity contribution in [1.82, 2.24) is 24.7 Å². The molecule has 0 saturated carbocycles. The number of carbonyl (C=O) groups excluding carboxylic acids is 1. The zero-order chi connectivity index (χ0) is 20.6. The van der Waals surface area contributed by atoms with Crippen LogP contribution in [0.4, 0.5) is 18.9 Å². The fourth-order valence-corrected chi connectivity index (χ4v) is 3.76. The van der Waals surface area contributed by atoms with Gasteiger partial charge in [0.05, 0.1) is 11.7 Å².